The second kappa shape index (κ2) is 7.81. The fourth-order valence-corrected chi connectivity index (χ4v) is 5.65. The van der Waals surface area contributed by atoms with E-state index in [1.807, 2.05) is 0 Å². The fraction of sp³-hybridized carbons (Fsp3) is 0.682. The van der Waals surface area contributed by atoms with E-state index in [1.54, 1.807) is 27.7 Å². The van der Waals surface area contributed by atoms with Crippen LogP contribution in [0.5, 0.6) is 0 Å². The third-order valence-corrected chi connectivity index (χ3v) is 6.88. The molecule has 30 heavy (non-hydrogen) atoms. The summed E-state index contributed by atoms with van der Waals surface area (Å²) >= 11 is 0. The van der Waals surface area contributed by atoms with Crippen molar-refractivity contribution in [1.29, 1.82) is 0 Å². The Morgan fingerprint density at radius 1 is 1.23 bits per heavy atom. The number of esters is 3. The number of aliphatic hydroxyl groups excluding tert-OH is 2. The molecule has 1 aliphatic heterocycles. The maximum absolute atomic E-state index is 12.6. The van der Waals surface area contributed by atoms with Crippen LogP contribution in [0, 0.1) is 23.2 Å². The van der Waals surface area contributed by atoms with Crippen LogP contribution in [0.25, 0.3) is 0 Å². The second-order valence-corrected chi connectivity index (χ2v) is 9.14. The summed E-state index contributed by atoms with van der Waals surface area (Å²) in [6.07, 6.45) is -3.35. The van der Waals surface area contributed by atoms with Gasteiger partial charge in [-0.1, -0.05) is 26.0 Å². The first kappa shape index (κ1) is 22.5. The van der Waals surface area contributed by atoms with Crippen LogP contribution >= 0.6 is 0 Å². The van der Waals surface area contributed by atoms with Gasteiger partial charge in [0.1, 0.15) is 18.3 Å². The Kier molecular flexibility index (Phi) is 5.86. The van der Waals surface area contributed by atoms with Crippen LogP contribution in [-0.2, 0) is 28.6 Å². The number of allylic oxidation sites excluding steroid dienone is 1. The van der Waals surface area contributed by atoms with E-state index < -0.39 is 71.6 Å². The molecule has 166 valence electrons. The van der Waals surface area contributed by atoms with Crippen LogP contribution in [0.2, 0.25) is 0 Å². The molecular formula is C22H30O8. The second-order valence-electron chi connectivity index (χ2n) is 9.14. The van der Waals surface area contributed by atoms with Crippen molar-refractivity contribution in [1.82, 2.24) is 0 Å². The summed E-state index contributed by atoms with van der Waals surface area (Å²) in [4.78, 5) is 36.8. The molecule has 0 spiro atoms. The van der Waals surface area contributed by atoms with Crippen LogP contribution in [-0.4, -0.2) is 58.6 Å². The number of hydrogen-bond donors (Lipinski definition) is 2. The van der Waals surface area contributed by atoms with Crippen molar-refractivity contribution < 1.29 is 38.8 Å². The topological polar surface area (TPSA) is 119 Å². The highest BCUT2D eigenvalue weighted by Crippen LogP contribution is 2.58. The van der Waals surface area contributed by atoms with E-state index in [9.17, 15) is 24.6 Å². The molecule has 0 amide bonds. The first-order valence-electron chi connectivity index (χ1n) is 10.2. The zero-order valence-corrected chi connectivity index (χ0v) is 18.0. The van der Waals surface area contributed by atoms with Gasteiger partial charge in [0, 0.05) is 42.2 Å². The van der Waals surface area contributed by atoms with Crippen molar-refractivity contribution >= 4 is 17.9 Å². The van der Waals surface area contributed by atoms with Crippen LogP contribution in [0.15, 0.2) is 23.8 Å². The van der Waals surface area contributed by atoms with Crippen molar-refractivity contribution in [2.75, 3.05) is 0 Å². The van der Waals surface area contributed by atoms with Gasteiger partial charge in [0.05, 0.1) is 18.1 Å². The third-order valence-electron chi connectivity index (χ3n) is 6.88. The summed E-state index contributed by atoms with van der Waals surface area (Å²) in [5.41, 5.74) is -0.295. The first-order valence-corrected chi connectivity index (χ1v) is 10.2. The Bertz CT molecular complexity index is 797. The summed E-state index contributed by atoms with van der Waals surface area (Å²) < 4.78 is 16.9. The Hall–Kier alpha value is -2.19. The van der Waals surface area contributed by atoms with E-state index in [2.05, 4.69) is 6.58 Å². The Labute approximate surface area is 175 Å². The van der Waals surface area contributed by atoms with E-state index in [-0.39, 0.29) is 12.0 Å². The lowest BCUT2D eigenvalue weighted by Gasteiger charge is -2.43. The lowest BCUT2D eigenvalue weighted by molar-refractivity contribution is -0.168. The molecule has 3 rings (SSSR count). The molecule has 1 heterocycles. The van der Waals surface area contributed by atoms with E-state index >= 15 is 0 Å². The normalized spacial score (nSPS) is 42.5. The van der Waals surface area contributed by atoms with E-state index in [1.165, 1.54) is 13.0 Å². The van der Waals surface area contributed by atoms with Gasteiger partial charge in [-0.25, -0.2) is 9.59 Å². The van der Waals surface area contributed by atoms with Gasteiger partial charge < -0.3 is 24.4 Å². The number of hydrogen-bond acceptors (Lipinski definition) is 8. The molecule has 0 aromatic rings. The summed E-state index contributed by atoms with van der Waals surface area (Å²) in [5, 5.41) is 21.8. The van der Waals surface area contributed by atoms with Gasteiger partial charge in [-0.15, -0.1) is 0 Å². The molecule has 1 saturated heterocycles. The molecule has 0 bridgehead atoms. The molecule has 2 saturated carbocycles. The predicted molar refractivity (Wildman–Crippen MR) is 105 cm³/mol. The fourth-order valence-electron chi connectivity index (χ4n) is 5.65. The SMILES string of the molecule is C=C1C(=O)OC2C(OC(C)=O)C(C)C3C(O)CC(O)C3(C)C(OC(=O)C=C(C)C)C12. The smallest absolute Gasteiger partial charge is 0.334 e. The quantitative estimate of drug-likeness (QED) is 0.397. The van der Waals surface area contributed by atoms with Crippen molar-refractivity contribution in [3.63, 3.8) is 0 Å². The molecule has 8 heteroatoms. The molecule has 2 aliphatic carbocycles. The van der Waals surface area contributed by atoms with Crippen molar-refractivity contribution in [3.8, 4) is 0 Å². The largest absolute Gasteiger partial charge is 0.458 e. The minimum atomic E-state index is -1.11. The van der Waals surface area contributed by atoms with Gasteiger partial charge in [0.25, 0.3) is 0 Å². The van der Waals surface area contributed by atoms with Gasteiger partial charge in [0.2, 0.25) is 0 Å². The molecular weight excluding hydrogens is 392 g/mol. The number of ether oxygens (including phenoxy) is 3. The number of fused-ring (bicyclic) bond motifs is 2. The van der Waals surface area contributed by atoms with E-state index in [4.69, 9.17) is 14.2 Å². The molecule has 2 N–H and O–H groups in total. The van der Waals surface area contributed by atoms with Crippen molar-refractivity contribution in [2.45, 2.75) is 71.6 Å². The maximum atomic E-state index is 12.6. The maximum Gasteiger partial charge on any atom is 0.334 e. The lowest BCUT2D eigenvalue weighted by atomic mass is 9.66. The zero-order chi connectivity index (χ0) is 22.5. The highest BCUT2D eigenvalue weighted by molar-refractivity contribution is 5.91. The number of carbonyl (C=O) groups excluding carboxylic acids is 3. The monoisotopic (exact) mass is 422 g/mol. The van der Waals surface area contributed by atoms with Gasteiger partial charge in [-0.2, -0.15) is 0 Å². The van der Waals surface area contributed by atoms with Crippen LogP contribution in [0.3, 0.4) is 0 Å². The lowest BCUT2D eigenvalue weighted by Crippen LogP contribution is -2.51. The minimum Gasteiger partial charge on any atom is -0.458 e. The van der Waals surface area contributed by atoms with Gasteiger partial charge in [-0.3, -0.25) is 4.79 Å². The molecule has 8 nitrogen and oxygen atoms in total. The third kappa shape index (κ3) is 3.46. The van der Waals surface area contributed by atoms with Crippen molar-refractivity contribution in [2.24, 2.45) is 23.2 Å². The average Bonchev–Trinajstić information content (AvgIpc) is 3.00. The summed E-state index contributed by atoms with van der Waals surface area (Å²) in [7, 11) is 0. The molecule has 3 aliphatic rings. The van der Waals surface area contributed by atoms with Crippen LogP contribution in [0.4, 0.5) is 0 Å². The summed E-state index contributed by atoms with van der Waals surface area (Å²) in [6, 6.07) is 0. The van der Waals surface area contributed by atoms with Crippen LogP contribution < -0.4 is 0 Å². The highest BCUT2D eigenvalue weighted by atomic mass is 16.6. The molecule has 9 unspecified atom stereocenters. The molecule has 0 aromatic carbocycles. The first-order chi connectivity index (χ1) is 13.9. The molecule has 0 radical (unpaired) electrons. The average molecular weight is 422 g/mol. The van der Waals surface area contributed by atoms with Gasteiger partial charge in [-0.05, 0) is 13.8 Å². The molecule has 9 atom stereocenters. The molecule has 3 fully saturated rings. The Morgan fingerprint density at radius 2 is 1.87 bits per heavy atom. The number of rotatable bonds is 3. The zero-order valence-electron chi connectivity index (χ0n) is 18.0. The molecule has 0 aromatic heterocycles. The van der Waals surface area contributed by atoms with Gasteiger partial charge >= 0.3 is 17.9 Å². The van der Waals surface area contributed by atoms with Gasteiger partial charge in [0.15, 0.2) is 0 Å². The van der Waals surface area contributed by atoms with E-state index in [0.29, 0.717) is 0 Å². The summed E-state index contributed by atoms with van der Waals surface area (Å²) in [6.45, 7) is 12.1. The summed E-state index contributed by atoms with van der Waals surface area (Å²) in [5.74, 6) is -3.73. The van der Waals surface area contributed by atoms with Crippen molar-refractivity contribution in [3.05, 3.63) is 23.8 Å². The predicted octanol–water partition coefficient (Wildman–Crippen LogP) is 1.29. The standard InChI is InChI=1S/C22H30O8/c1-9(2)7-15(26)29-20-16-10(3)21(27)30-19(16)18(28-12(5)23)11(4)17-13(24)8-14(25)22(17,20)6/h7,11,13-14,16-20,24-25H,3,8H2,1-2,4-6H3. The van der Waals surface area contributed by atoms with E-state index in [0.717, 1.165) is 5.57 Å². The Balaban J connectivity index is 2.17. The minimum absolute atomic E-state index is 0.0770. The number of carbonyl (C=O) groups is 3. The van der Waals surface area contributed by atoms with Crippen LogP contribution in [0.1, 0.15) is 41.0 Å². The Morgan fingerprint density at radius 3 is 2.43 bits per heavy atom. The number of aliphatic hydroxyl groups is 2. The highest BCUT2D eigenvalue weighted by Gasteiger charge is 2.68.